The summed E-state index contributed by atoms with van der Waals surface area (Å²) in [4.78, 5) is 96.9. The number of anilines is 1. The fourth-order valence-corrected chi connectivity index (χ4v) is 7.37. The Hall–Kier alpha value is -3.32. The molecule has 1 aliphatic heterocycles. The number of nitrogens with zero attached hydrogens (tertiary/aromatic N) is 4. The topological polar surface area (TPSA) is 401 Å². The summed E-state index contributed by atoms with van der Waals surface area (Å²) in [5.41, 5.74) is 4.17. The second-order valence-electron chi connectivity index (χ2n) is 11.9. The van der Waals surface area contributed by atoms with Gasteiger partial charge in [-0.25, -0.2) is 28.6 Å². The Balaban J connectivity index is 1.53. The summed E-state index contributed by atoms with van der Waals surface area (Å²) >= 11 is 0. The van der Waals surface area contributed by atoms with Crippen molar-refractivity contribution in [3.8, 4) is 0 Å². The average molecular weight is 822 g/mol. The fourth-order valence-electron chi connectivity index (χ4n) is 4.54. The predicted molar refractivity (Wildman–Crippen MR) is 172 cm³/mol. The highest BCUT2D eigenvalue weighted by molar-refractivity contribution is 7.61. The van der Waals surface area contributed by atoms with E-state index in [2.05, 4.69) is 34.4 Å². The molecular formula is C24H38N7O19P3. The number of nitrogens with two attached hydrogens (primary N) is 1. The number of aliphatic hydroxyl groups excluding tert-OH is 2. The summed E-state index contributed by atoms with van der Waals surface area (Å²) in [5.74, 6) is -3.62. The van der Waals surface area contributed by atoms with Crippen LogP contribution >= 0.6 is 23.5 Å². The van der Waals surface area contributed by atoms with Crippen LogP contribution in [0.25, 0.3) is 11.2 Å². The molecule has 29 heteroatoms. The van der Waals surface area contributed by atoms with E-state index in [-0.39, 0.29) is 42.9 Å². The van der Waals surface area contributed by atoms with Crippen LogP contribution < -0.4 is 16.4 Å². The Labute approximate surface area is 298 Å². The number of ether oxygens (including phenoxy) is 1. The number of fused-ring (bicyclic) bond motifs is 1. The first-order valence-electron chi connectivity index (χ1n) is 15.0. The van der Waals surface area contributed by atoms with Crippen LogP contribution in [0.1, 0.15) is 39.3 Å². The number of aliphatic hydroxyl groups is 2. The Morgan fingerprint density at radius 3 is 2.30 bits per heavy atom. The number of phosphoric ester groups is 3. The Morgan fingerprint density at radius 2 is 1.66 bits per heavy atom. The molecule has 0 aromatic carbocycles. The van der Waals surface area contributed by atoms with Crippen molar-refractivity contribution >= 4 is 64.0 Å². The van der Waals surface area contributed by atoms with Crippen molar-refractivity contribution < 1.29 is 90.4 Å². The van der Waals surface area contributed by atoms with E-state index >= 15 is 0 Å². The number of aromatic nitrogens is 4. The zero-order chi connectivity index (χ0) is 39.9. The van der Waals surface area contributed by atoms with Crippen LogP contribution in [-0.4, -0.2) is 129 Å². The molecule has 7 unspecified atom stereocenters. The highest BCUT2D eigenvalue weighted by Gasteiger charge is 2.50. The van der Waals surface area contributed by atoms with Gasteiger partial charge in [0.15, 0.2) is 17.7 Å². The van der Waals surface area contributed by atoms with Crippen molar-refractivity contribution in [2.75, 3.05) is 32.0 Å². The lowest BCUT2D eigenvalue weighted by Crippen LogP contribution is -2.46. The maximum atomic E-state index is 12.6. The molecule has 298 valence electrons. The van der Waals surface area contributed by atoms with E-state index in [9.17, 15) is 62.7 Å². The number of aliphatic carboxylic acids is 1. The molecule has 3 rings (SSSR count). The summed E-state index contributed by atoms with van der Waals surface area (Å²) in [6, 6.07) is 0. The highest BCUT2D eigenvalue weighted by atomic mass is 31.3. The van der Waals surface area contributed by atoms with E-state index in [0.29, 0.717) is 0 Å². The molecule has 26 nitrogen and oxygen atoms in total. The molecule has 53 heavy (non-hydrogen) atoms. The zero-order valence-corrected chi connectivity index (χ0v) is 30.4. The molecule has 7 atom stereocenters. The fraction of sp³-hybridized carbons (Fsp3) is 0.625. The minimum absolute atomic E-state index is 0.0171. The first-order valence-corrected chi connectivity index (χ1v) is 19.6. The molecule has 2 aromatic heterocycles. The smallest absolute Gasteiger partial charge is 0.481 e. The number of imidazole rings is 1. The van der Waals surface area contributed by atoms with Gasteiger partial charge in [-0.15, -0.1) is 0 Å². The molecular weight excluding hydrogens is 783 g/mol. The van der Waals surface area contributed by atoms with Gasteiger partial charge < -0.3 is 56.0 Å². The molecule has 0 radical (unpaired) electrons. The van der Waals surface area contributed by atoms with E-state index in [1.165, 1.54) is 13.8 Å². The van der Waals surface area contributed by atoms with E-state index in [4.69, 9.17) is 24.6 Å². The maximum Gasteiger partial charge on any atom is 0.481 e. The van der Waals surface area contributed by atoms with Crippen molar-refractivity contribution in [1.29, 1.82) is 0 Å². The molecule has 1 fully saturated rings. The average Bonchev–Trinajstić information content (AvgIpc) is 3.58. The van der Waals surface area contributed by atoms with Gasteiger partial charge >= 0.3 is 29.4 Å². The number of carboxylic acid groups (broad SMARTS) is 1. The quantitative estimate of drug-likeness (QED) is 0.0473. The first-order chi connectivity index (χ1) is 24.4. The largest absolute Gasteiger partial charge is 0.481 e. The number of carbonyl (C=O) groups is 4. The lowest BCUT2D eigenvalue weighted by atomic mass is 9.87. The first kappa shape index (κ1) is 44.1. The van der Waals surface area contributed by atoms with E-state index in [1.54, 1.807) is 0 Å². The molecule has 1 aliphatic rings. The number of carbonyl (C=O) groups excluding carboxylic acids is 3. The van der Waals surface area contributed by atoms with E-state index in [1.807, 2.05) is 0 Å². The number of nitrogens with one attached hydrogen (secondary N) is 2. The summed E-state index contributed by atoms with van der Waals surface area (Å²) in [6.45, 7) is -0.0970. The summed E-state index contributed by atoms with van der Waals surface area (Å²) in [7, 11) is -16.4. The van der Waals surface area contributed by atoms with Crippen molar-refractivity contribution in [3.63, 3.8) is 0 Å². The van der Waals surface area contributed by atoms with Gasteiger partial charge in [-0.1, -0.05) is 13.8 Å². The normalized spacial score (nSPS) is 22.1. The van der Waals surface area contributed by atoms with Gasteiger partial charge in [0.1, 0.15) is 48.5 Å². The number of rotatable bonds is 21. The molecule has 3 heterocycles. The van der Waals surface area contributed by atoms with Gasteiger partial charge in [-0.3, -0.25) is 37.3 Å². The molecule has 11 N–H and O–H groups in total. The van der Waals surface area contributed by atoms with Crippen LogP contribution in [0.3, 0.4) is 0 Å². The Bertz CT molecular complexity index is 1800. The molecule has 2 aromatic rings. The number of phosphoric acid groups is 3. The summed E-state index contributed by atoms with van der Waals surface area (Å²) < 4.78 is 61.7. The van der Waals surface area contributed by atoms with Crippen LogP contribution in [0.5, 0.6) is 0 Å². The number of nitrogen functional groups attached to an aromatic ring is 1. The standard InChI is InChI=1S/C24H38N7O19P3/c1-24(2,19(37)22(38)27-6-4-14(33)26-5-3-12(32)7-15(34)35)9-47-53(44,45)50-52(42,43)46-8-13-18(49-51(39,40)41)17(36)23(48-13)31-11-30-16-20(25)28-10-29-21(16)31/h10-11,13,17-19,23,36-37H,3-9H2,1-2H3,(H,26,33)(H,27,38)(H,34,35)(H,42,43)(H,44,45)(H2,25,28,29)(H2,39,40,41). The molecule has 0 spiro atoms. The number of hydrogen-bond acceptors (Lipinski definition) is 18. The van der Waals surface area contributed by atoms with Gasteiger partial charge in [0.25, 0.3) is 0 Å². The van der Waals surface area contributed by atoms with Crippen molar-refractivity contribution in [3.05, 3.63) is 12.7 Å². The van der Waals surface area contributed by atoms with Crippen LogP contribution in [0.2, 0.25) is 0 Å². The third-order valence-corrected chi connectivity index (χ3v) is 10.3. The summed E-state index contributed by atoms with van der Waals surface area (Å²) in [5, 5.41) is 34.5. The molecule has 0 saturated carbocycles. The Kier molecular flexibility index (Phi) is 14.9. The molecule has 1 saturated heterocycles. The molecule has 0 bridgehead atoms. The molecule has 0 aliphatic carbocycles. The van der Waals surface area contributed by atoms with E-state index in [0.717, 1.165) is 17.2 Å². The SMILES string of the molecule is CC(C)(COP(=O)(O)OP(=O)(O)OCC1OC(n2cnc3c(N)ncnc32)C(O)C1OP(=O)(O)O)C(O)C(=O)NCCC(=O)NCCC(=O)CC(=O)O. The van der Waals surface area contributed by atoms with Crippen molar-refractivity contribution in [2.45, 2.75) is 63.8 Å². The van der Waals surface area contributed by atoms with Gasteiger partial charge in [-0.05, 0) is 0 Å². The van der Waals surface area contributed by atoms with Gasteiger partial charge in [0.2, 0.25) is 11.8 Å². The lowest BCUT2D eigenvalue weighted by Gasteiger charge is -2.30. The van der Waals surface area contributed by atoms with Crippen LogP contribution in [0.15, 0.2) is 12.7 Å². The van der Waals surface area contributed by atoms with Crippen LogP contribution in [-0.2, 0) is 55.5 Å². The van der Waals surface area contributed by atoms with Crippen molar-refractivity contribution in [2.24, 2.45) is 5.41 Å². The van der Waals surface area contributed by atoms with Crippen molar-refractivity contribution in [1.82, 2.24) is 30.2 Å². The minimum Gasteiger partial charge on any atom is -0.481 e. The third-order valence-electron chi connectivity index (χ3n) is 7.15. The van der Waals surface area contributed by atoms with Gasteiger partial charge in [-0.2, -0.15) is 4.31 Å². The third kappa shape index (κ3) is 13.2. The van der Waals surface area contributed by atoms with Gasteiger partial charge in [0.05, 0.1) is 19.5 Å². The predicted octanol–water partition coefficient (Wildman–Crippen LogP) is -2.16. The second-order valence-corrected chi connectivity index (χ2v) is 16.2. The maximum absolute atomic E-state index is 12.6. The van der Waals surface area contributed by atoms with Crippen LogP contribution in [0.4, 0.5) is 5.82 Å². The number of Topliss-reactive ketones (excluding diaryl/α,β-unsaturated/α-hetero) is 1. The number of amides is 2. The van der Waals surface area contributed by atoms with Crippen LogP contribution in [0, 0.1) is 5.41 Å². The monoisotopic (exact) mass is 821 g/mol. The zero-order valence-electron chi connectivity index (χ0n) is 27.7. The second kappa shape index (κ2) is 17.9. The number of hydrogen-bond donors (Lipinski definition) is 10. The van der Waals surface area contributed by atoms with E-state index < -0.39 is 103 Å². The molecule has 2 amide bonds. The minimum atomic E-state index is -5.59. The summed E-state index contributed by atoms with van der Waals surface area (Å²) in [6.07, 6.45) is -8.10. The number of carboxylic acids is 1. The number of ketones is 1. The van der Waals surface area contributed by atoms with Gasteiger partial charge in [0, 0.05) is 31.3 Å². The Morgan fingerprint density at radius 1 is 1.02 bits per heavy atom. The highest BCUT2D eigenvalue weighted by Crippen LogP contribution is 2.61. The lowest BCUT2D eigenvalue weighted by molar-refractivity contribution is -0.140.